The van der Waals surface area contributed by atoms with Crippen molar-refractivity contribution in [1.29, 1.82) is 0 Å². The van der Waals surface area contributed by atoms with E-state index in [1.54, 1.807) is 30.3 Å². The number of amides is 1. The summed E-state index contributed by atoms with van der Waals surface area (Å²) in [5, 5.41) is 27.5. The lowest BCUT2D eigenvalue weighted by Crippen LogP contribution is -2.12. The minimum Gasteiger partial charge on any atom is -0.504 e. The fourth-order valence-electron chi connectivity index (χ4n) is 4.48. The highest BCUT2D eigenvalue weighted by Crippen LogP contribution is 2.49. The van der Waals surface area contributed by atoms with Crippen LogP contribution in [0.2, 0.25) is 5.02 Å². The minimum atomic E-state index is -0.505. The molecule has 0 radical (unpaired) electrons. The van der Waals surface area contributed by atoms with Crippen LogP contribution >= 0.6 is 11.6 Å². The third-order valence-corrected chi connectivity index (χ3v) is 7.19. The Bertz CT molecular complexity index is 1350. The highest BCUT2D eigenvalue weighted by molar-refractivity contribution is 6.38. The number of carbonyl (C=O) groups excluding carboxylic acids is 1. The first-order chi connectivity index (χ1) is 15.9. The molecular weight excluding hydrogens is 447 g/mol. The van der Waals surface area contributed by atoms with Crippen LogP contribution in [-0.2, 0) is 10.2 Å². The van der Waals surface area contributed by atoms with Gasteiger partial charge >= 0.3 is 0 Å². The molecule has 3 aromatic rings. The second-order valence-electron chi connectivity index (χ2n) is 9.08. The molecule has 6 nitrogen and oxygen atoms in total. The van der Waals surface area contributed by atoms with Gasteiger partial charge in [0.1, 0.15) is 5.82 Å². The third kappa shape index (κ3) is 3.26. The zero-order chi connectivity index (χ0) is 22.9. The lowest BCUT2D eigenvalue weighted by molar-refractivity contribution is -0.110. The third-order valence-electron chi connectivity index (χ3n) is 6.87. The van der Waals surface area contributed by atoms with E-state index in [0.717, 1.165) is 36.9 Å². The number of anilines is 1. The molecule has 0 saturated heterocycles. The molecule has 33 heavy (non-hydrogen) atoms. The summed E-state index contributed by atoms with van der Waals surface area (Å²) in [6, 6.07) is 9.67. The van der Waals surface area contributed by atoms with Gasteiger partial charge in [0.05, 0.1) is 28.6 Å². The number of hydrogen-bond acceptors (Lipinski definition) is 5. The normalized spacial score (nSPS) is 19.9. The number of hydrogen-bond donors (Lipinski definition) is 3. The van der Waals surface area contributed by atoms with Crippen LogP contribution in [0.5, 0.6) is 0 Å². The number of rotatable bonds is 5. The van der Waals surface area contributed by atoms with E-state index in [4.69, 9.17) is 16.1 Å². The van der Waals surface area contributed by atoms with Gasteiger partial charge in [0, 0.05) is 34.1 Å². The molecule has 2 saturated carbocycles. The van der Waals surface area contributed by atoms with Crippen molar-refractivity contribution in [2.75, 3.05) is 11.9 Å². The van der Waals surface area contributed by atoms with Gasteiger partial charge in [-0.15, -0.1) is 0 Å². The second-order valence-corrected chi connectivity index (χ2v) is 9.49. The van der Waals surface area contributed by atoms with Gasteiger partial charge in [-0.1, -0.05) is 28.9 Å². The number of fused-ring (bicyclic) bond motifs is 1. The van der Waals surface area contributed by atoms with Crippen LogP contribution in [0, 0.1) is 5.82 Å². The summed E-state index contributed by atoms with van der Waals surface area (Å²) in [5.41, 5.74) is 2.68. The summed E-state index contributed by atoms with van der Waals surface area (Å²) >= 11 is 6.46. The van der Waals surface area contributed by atoms with Crippen LogP contribution in [0.4, 0.5) is 10.1 Å². The molecule has 168 valence electrons. The van der Waals surface area contributed by atoms with Crippen LogP contribution in [0.15, 0.2) is 40.9 Å². The van der Waals surface area contributed by atoms with Gasteiger partial charge < -0.3 is 20.1 Å². The number of aromatic nitrogens is 1. The smallest absolute Gasteiger partial charge is 0.260 e. The van der Waals surface area contributed by atoms with E-state index < -0.39 is 11.7 Å². The van der Waals surface area contributed by atoms with Crippen molar-refractivity contribution < 1.29 is 23.9 Å². The Kier molecular flexibility index (Phi) is 4.44. The molecule has 3 aliphatic rings. The predicted octanol–water partition coefficient (Wildman–Crippen LogP) is 5.41. The van der Waals surface area contributed by atoms with E-state index in [2.05, 4.69) is 10.5 Å². The van der Waals surface area contributed by atoms with E-state index in [0.29, 0.717) is 22.7 Å². The molecule has 1 aliphatic heterocycles. The van der Waals surface area contributed by atoms with Crippen molar-refractivity contribution in [3.63, 3.8) is 0 Å². The maximum Gasteiger partial charge on any atom is 0.260 e. The molecule has 0 unspecified atom stereocenters. The fourth-order valence-corrected chi connectivity index (χ4v) is 4.75. The van der Waals surface area contributed by atoms with Gasteiger partial charge in [-0.05, 0) is 49.4 Å². The number of halogens is 2. The Balaban J connectivity index is 1.43. The van der Waals surface area contributed by atoms with Crippen LogP contribution in [0.3, 0.4) is 0 Å². The number of nitrogens with zero attached hydrogens (tertiary/aromatic N) is 1. The highest BCUT2D eigenvalue weighted by atomic mass is 35.5. The molecule has 2 aliphatic carbocycles. The van der Waals surface area contributed by atoms with Gasteiger partial charge in [0.25, 0.3) is 5.91 Å². The maximum atomic E-state index is 15.1. The monoisotopic (exact) mass is 466 g/mol. The summed E-state index contributed by atoms with van der Waals surface area (Å²) in [6.07, 6.45) is 3.71. The molecule has 0 atom stereocenters. The topological polar surface area (TPSA) is 95.6 Å². The van der Waals surface area contributed by atoms with Crippen molar-refractivity contribution in [2.24, 2.45) is 0 Å². The van der Waals surface area contributed by atoms with Gasteiger partial charge in [0.15, 0.2) is 5.76 Å². The molecule has 0 spiro atoms. The molecule has 2 heterocycles. The Morgan fingerprint density at radius 3 is 2.64 bits per heavy atom. The summed E-state index contributed by atoms with van der Waals surface area (Å²) < 4.78 is 20.4. The van der Waals surface area contributed by atoms with E-state index in [9.17, 15) is 15.0 Å². The first kappa shape index (κ1) is 20.4. The van der Waals surface area contributed by atoms with Crippen molar-refractivity contribution >= 4 is 34.5 Å². The Hall–Kier alpha value is -3.16. The fraction of sp³-hybridized carbons (Fsp3) is 0.280. The first-order valence-electron chi connectivity index (χ1n) is 10.9. The highest BCUT2D eigenvalue weighted by Gasteiger charge is 2.44. The molecule has 2 aromatic carbocycles. The number of aliphatic hydroxyl groups is 2. The largest absolute Gasteiger partial charge is 0.504 e. The van der Waals surface area contributed by atoms with Gasteiger partial charge in [-0.3, -0.25) is 4.79 Å². The molecule has 1 amide bonds. The molecule has 1 aromatic heterocycles. The van der Waals surface area contributed by atoms with E-state index in [1.165, 1.54) is 6.07 Å². The SMILES string of the molecule is O=C1Nc2cc(Cl)c(-c3ccc(C4(CO)CC4)cc3F)cc2/C1=C(/O)c1cc(C2CC2)no1. The summed E-state index contributed by atoms with van der Waals surface area (Å²) in [5.74, 6) is -0.851. The zero-order valence-electron chi connectivity index (χ0n) is 17.5. The van der Waals surface area contributed by atoms with Crippen LogP contribution in [0.25, 0.3) is 22.5 Å². The minimum absolute atomic E-state index is 0.0172. The summed E-state index contributed by atoms with van der Waals surface area (Å²) in [7, 11) is 0. The van der Waals surface area contributed by atoms with Crippen molar-refractivity contribution in [2.45, 2.75) is 37.0 Å². The lowest BCUT2D eigenvalue weighted by atomic mass is 9.92. The number of carbonyl (C=O) groups is 1. The lowest BCUT2D eigenvalue weighted by Gasteiger charge is -2.15. The summed E-state index contributed by atoms with van der Waals surface area (Å²) in [6.45, 7) is -0.0172. The first-order valence-corrected chi connectivity index (χ1v) is 11.2. The molecule has 3 N–H and O–H groups in total. The van der Waals surface area contributed by atoms with E-state index >= 15 is 4.39 Å². The molecule has 8 heteroatoms. The number of benzene rings is 2. The average Bonchev–Trinajstić information content (AvgIpc) is 3.72. The van der Waals surface area contributed by atoms with Crippen LogP contribution in [0.1, 0.15) is 54.2 Å². The molecule has 6 rings (SSSR count). The van der Waals surface area contributed by atoms with Crippen molar-refractivity contribution in [1.82, 2.24) is 5.16 Å². The van der Waals surface area contributed by atoms with Crippen LogP contribution < -0.4 is 5.32 Å². The van der Waals surface area contributed by atoms with Crippen molar-refractivity contribution in [3.05, 3.63) is 69.8 Å². The Labute approximate surface area is 193 Å². The van der Waals surface area contributed by atoms with Gasteiger partial charge in [0.2, 0.25) is 5.76 Å². The van der Waals surface area contributed by atoms with Crippen molar-refractivity contribution in [3.8, 4) is 11.1 Å². The summed E-state index contributed by atoms with van der Waals surface area (Å²) in [4.78, 5) is 12.7. The number of nitrogens with one attached hydrogen (secondary N) is 1. The van der Waals surface area contributed by atoms with Crippen LogP contribution in [-0.4, -0.2) is 27.9 Å². The average molecular weight is 467 g/mol. The molecule has 0 bridgehead atoms. The maximum absolute atomic E-state index is 15.1. The predicted molar refractivity (Wildman–Crippen MR) is 121 cm³/mol. The van der Waals surface area contributed by atoms with Gasteiger partial charge in [-0.25, -0.2) is 4.39 Å². The second kappa shape index (κ2) is 7.17. The quantitative estimate of drug-likeness (QED) is 0.345. The molecule has 2 fully saturated rings. The number of aliphatic hydroxyl groups excluding tert-OH is 2. The van der Waals surface area contributed by atoms with E-state index in [-0.39, 0.29) is 39.7 Å². The zero-order valence-corrected chi connectivity index (χ0v) is 18.2. The molecular formula is C25H20ClFN2O4. The van der Waals surface area contributed by atoms with E-state index in [1.807, 2.05) is 0 Å². The standard InChI is InChI=1S/C25H20ClFN2O4/c26-17-9-20-16(8-15(17)14-4-3-13(7-18(14)27)25(11-30)5-6-25)22(24(32)28-20)23(31)21-10-19(29-33-21)12-1-2-12/h3-4,7-10,12,30-31H,1-2,5-6,11H2,(H,28,32)/b23-22-. The Morgan fingerprint density at radius 1 is 1.18 bits per heavy atom. The van der Waals surface area contributed by atoms with Gasteiger partial charge in [-0.2, -0.15) is 0 Å². The Morgan fingerprint density at radius 2 is 1.97 bits per heavy atom.